The number of aliphatic hydroxyl groups is 1. The monoisotopic (exact) mass is 217 g/mol. The van der Waals surface area contributed by atoms with Gasteiger partial charge in [-0.1, -0.05) is 0 Å². The lowest BCUT2D eigenvalue weighted by Gasteiger charge is -2.33. The number of ether oxygens (including phenoxy) is 1. The van der Waals surface area contributed by atoms with Crippen LogP contribution in [0.25, 0.3) is 0 Å². The number of nitrogens with one attached hydrogen (secondary N) is 1. The molecule has 0 saturated carbocycles. The summed E-state index contributed by atoms with van der Waals surface area (Å²) in [5.41, 5.74) is -0.456. The molecule has 2 aliphatic rings. The highest BCUT2D eigenvalue weighted by atomic mass is 32.2. The number of hydrogen-bond donors (Lipinski definition) is 2. The summed E-state index contributed by atoms with van der Waals surface area (Å²) in [5, 5.41) is 13.6. The van der Waals surface area contributed by atoms with Gasteiger partial charge in [-0.05, 0) is 25.8 Å². The second kappa shape index (κ2) is 4.84. The van der Waals surface area contributed by atoms with Crippen molar-refractivity contribution in [2.24, 2.45) is 0 Å². The second-order valence-electron chi connectivity index (χ2n) is 4.28. The molecule has 2 N–H and O–H groups in total. The van der Waals surface area contributed by atoms with E-state index in [1.807, 2.05) is 11.8 Å². The van der Waals surface area contributed by atoms with Gasteiger partial charge in [-0.3, -0.25) is 0 Å². The maximum atomic E-state index is 10.1. The molecule has 0 bridgehead atoms. The van der Waals surface area contributed by atoms with Crippen LogP contribution >= 0.6 is 11.8 Å². The smallest absolute Gasteiger partial charge is 0.0703 e. The Balaban J connectivity index is 1.62. The topological polar surface area (TPSA) is 41.5 Å². The summed E-state index contributed by atoms with van der Waals surface area (Å²) in [4.78, 5) is 0. The molecule has 2 saturated heterocycles. The Labute approximate surface area is 89.6 Å². The third kappa shape index (κ3) is 2.86. The summed E-state index contributed by atoms with van der Waals surface area (Å²) in [5.74, 6) is 2.48. The Morgan fingerprint density at radius 1 is 1.36 bits per heavy atom. The van der Waals surface area contributed by atoms with Gasteiger partial charge in [-0.25, -0.2) is 0 Å². The van der Waals surface area contributed by atoms with Crippen LogP contribution < -0.4 is 5.32 Å². The van der Waals surface area contributed by atoms with Gasteiger partial charge in [0.05, 0.1) is 5.60 Å². The first kappa shape index (κ1) is 10.7. The van der Waals surface area contributed by atoms with Gasteiger partial charge < -0.3 is 15.2 Å². The number of hydrogen-bond acceptors (Lipinski definition) is 4. The Morgan fingerprint density at radius 3 is 2.64 bits per heavy atom. The normalized spacial score (nSPS) is 27.2. The molecule has 0 radical (unpaired) electrons. The first-order valence-corrected chi connectivity index (χ1v) is 6.55. The molecule has 0 atom stereocenters. The maximum Gasteiger partial charge on any atom is 0.0703 e. The molecule has 2 fully saturated rings. The molecular weight excluding hydrogens is 198 g/mol. The Bertz CT molecular complexity index is 179. The summed E-state index contributed by atoms with van der Waals surface area (Å²) in [7, 11) is 0. The molecule has 0 amide bonds. The second-order valence-corrected chi connectivity index (χ2v) is 5.35. The van der Waals surface area contributed by atoms with Crippen LogP contribution in [-0.2, 0) is 4.74 Å². The van der Waals surface area contributed by atoms with E-state index in [-0.39, 0.29) is 0 Å². The van der Waals surface area contributed by atoms with Crippen molar-refractivity contribution in [2.45, 2.75) is 30.9 Å². The first-order valence-electron chi connectivity index (χ1n) is 5.40. The van der Waals surface area contributed by atoms with Crippen LogP contribution in [0, 0.1) is 0 Å². The fourth-order valence-corrected chi connectivity index (χ4v) is 2.57. The Morgan fingerprint density at radius 2 is 2.07 bits per heavy atom. The van der Waals surface area contributed by atoms with Gasteiger partial charge in [0.1, 0.15) is 0 Å². The molecule has 0 aromatic rings. The van der Waals surface area contributed by atoms with E-state index in [1.54, 1.807) is 0 Å². The van der Waals surface area contributed by atoms with Crippen LogP contribution in [-0.4, -0.2) is 48.0 Å². The summed E-state index contributed by atoms with van der Waals surface area (Å²) >= 11 is 1.99. The molecule has 0 aromatic carbocycles. The highest BCUT2D eigenvalue weighted by molar-refractivity contribution is 8.00. The fourth-order valence-electron chi connectivity index (χ4n) is 1.86. The van der Waals surface area contributed by atoms with Crippen LogP contribution in [0.3, 0.4) is 0 Å². The zero-order chi connectivity index (χ0) is 9.86. The minimum Gasteiger partial charge on any atom is -0.390 e. The van der Waals surface area contributed by atoms with Crippen LogP contribution in [0.4, 0.5) is 0 Å². The lowest BCUT2D eigenvalue weighted by molar-refractivity contribution is -0.0675. The van der Waals surface area contributed by atoms with E-state index in [1.165, 1.54) is 11.5 Å². The van der Waals surface area contributed by atoms with Gasteiger partial charge >= 0.3 is 0 Å². The molecule has 14 heavy (non-hydrogen) atoms. The third-order valence-corrected chi connectivity index (χ3v) is 4.36. The van der Waals surface area contributed by atoms with E-state index < -0.39 is 5.60 Å². The molecule has 0 spiro atoms. The molecule has 82 valence electrons. The minimum absolute atomic E-state index is 0.456. The minimum atomic E-state index is -0.456. The summed E-state index contributed by atoms with van der Waals surface area (Å²) < 4.78 is 5.24. The number of thioether (sulfide) groups is 1. The van der Waals surface area contributed by atoms with Crippen molar-refractivity contribution in [3.05, 3.63) is 0 Å². The van der Waals surface area contributed by atoms with Crippen molar-refractivity contribution in [2.75, 3.05) is 31.3 Å². The molecule has 2 heterocycles. The van der Waals surface area contributed by atoms with Gasteiger partial charge in [0.2, 0.25) is 0 Å². The summed E-state index contributed by atoms with van der Waals surface area (Å²) in [6.45, 7) is 2.38. The van der Waals surface area contributed by atoms with Crippen LogP contribution in [0.5, 0.6) is 0 Å². The van der Waals surface area contributed by atoms with Crippen molar-refractivity contribution in [3.8, 4) is 0 Å². The predicted molar refractivity (Wildman–Crippen MR) is 58.7 cm³/mol. The molecule has 2 aliphatic heterocycles. The molecule has 2 rings (SSSR count). The third-order valence-electron chi connectivity index (χ3n) is 3.08. The molecule has 4 heteroatoms. The Kier molecular flexibility index (Phi) is 3.71. The summed E-state index contributed by atoms with van der Waals surface area (Å²) in [6, 6.07) is 0.698. The van der Waals surface area contributed by atoms with Gasteiger partial charge in [0, 0.05) is 30.8 Å². The average molecular weight is 217 g/mol. The van der Waals surface area contributed by atoms with E-state index in [0.717, 1.165) is 39.0 Å². The SMILES string of the molecule is OC1(CCNC2CSC2)CCOCC1. The molecule has 0 aliphatic carbocycles. The first-order chi connectivity index (χ1) is 6.79. The van der Waals surface area contributed by atoms with Gasteiger partial charge in [-0.2, -0.15) is 11.8 Å². The maximum absolute atomic E-state index is 10.1. The highest BCUT2D eigenvalue weighted by Gasteiger charge is 2.29. The quantitative estimate of drug-likeness (QED) is 0.724. The Hall–Kier alpha value is 0.230. The number of rotatable bonds is 4. The zero-order valence-electron chi connectivity index (χ0n) is 8.50. The van der Waals surface area contributed by atoms with Crippen LogP contribution in [0.15, 0.2) is 0 Å². The standard InChI is InChI=1S/C10H19NO2S/c12-10(2-5-13-6-3-10)1-4-11-9-7-14-8-9/h9,11-12H,1-8H2. The van der Waals surface area contributed by atoms with E-state index in [9.17, 15) is 5.11 Å². The molecule has 0 aromatic heterocycles. The van der Waals surface area contributed by atoms with Gasteiger partial charge in [0.25, 0.3) is 0 Å². The van der Waals surface area contributed by atoms with E-state index >= 15 is 0 Å². The van der Waals surface area contributed by atoms with Crippen molar-refractivity contribution >= 4 is 11.8 Å². The lowest BCUT2D eigenvalue weighted by atomic mass is 9.91. The van der Waals surface area contributed by atoms with Crippen molar-refractivity contribution < 1.29 is 9.84 Å². The molecular formula is C10H19NO2S. The largest absolute Gasteiger partial charge is 0.390 e. The van der Waals surface area contributed by atoms with Gasteiger partial charge in [0.15, 0.2) is 0 Å². The molecule has 3 nitrogen and oxygen atoms in total. The molecule has 0 unspecified atom stereocenters. The van der Waals surface area contributed by atoms with Crippen molar-refractivity contribution in [3.63, 3.8) is 0 Å². The predicted octanol–water partition coefficient (Wildman–Crippen LogP) is 0.623. The fraction of sp³-hybridized carbons (Fsp3) is 1.00. The summed E-state index contributed by atoms with van der Waals surface area (Å²) in [6.07, 6.45) is 2.47. The lowest BCUT2D eigenvalue weighted by Crippen LogP contribution is -2.44. The van der Waals surface area contributed by atoms with E-state index in [0.29, 0.717) is 6.04 Å². The van der Waals surface area contributed by atoms with E-state index in [2.05, 4.69) is 5.32 Å². The average Bonchev–Trinajstić information content (AvgIpc) is 2.11. The van der Waals surface area contributed by atoms with Gasteiger partial charge in [-0.15, -0.1) is 0 Å². The highest BCUT2D eigenvalue weighted by Crippen LogP contribution is 2.24. The van der Waals surface area contributed by atoms with Crippen molar-refractivity contribution in [1.29, 1.82) is 0 Å². The van der Waals surface area contributed by atoms with Crippen molar-refractivity contribution in [1.82, 2.24) is 5.32 Å². The van der Waals surface area contributed by atoms with E-state index in [4.69, 9.17) is 4.74 Å². The zero-order valence-corrected chi connectivity index (χ0v) is 9.31. The van der Waals surface area contributed by atoms with Crippen LogP contribution in [0.2, 0.25) is 0 Å². The van der Waals surface area contributed by atoms with Crippen LogP contribution in [0.1, 0.15) is 19.3 Å².